The van der Waals surface area contributed by atoms with Crippen molar-refractivity contribution in [3.05, 3.63) is 24.3 Å². The van der Waals surface area contributed by atoms with Crippen LogP contribution in [0.4, 0.5) is 10.5 Å². The molecule has 8 heteroatoms. The Labute approximate surface area is 183 Å². The predicted octanol–water partition coefficient (Wildman–Crippen LogP) is 2.27. The lowest BCUT2D eigenvalue weighted by Crippen LogP contribution is -2.51. The van der Waals surface area contributed by atoms with Gasteiger partial charge in [-0.3, -0.25) is 9.69 Å². The molecule has 0 aromatic heterocycles. The lowest BCUT2D eigenvalue weighted by atomic mass is 9.86. The van der Waals surface area contributed by atoms with Crippen molar-refractivity contribution in [1.29, 1.82) is 0 Å². The Bertz CT molecular complexity index is 783. The average Bonchev–Trinajstić information content (AvgIpc) is 3.18. The molecule has 1 aromatic carbocycles. The molecule has 0 radical (unpaired) electrons. The Hall–Kier alpha value is -2.32. The fourth-order valence-corrected chi connectivity index (χ4v) is 4.98. The van der Waals surface area contributed by atoms with E-state index in [2.05, 4.69) is 4.90 Å². The molecule has 31 heavy (non-hydrogen) atoms. The summed E-state index contributed by atoms with van der Waals surface area (Å²) in [5.41, 5.74) is 0.654. The number of carbonyl (C=O) groups excluding carboxylic acids is 2. The molecule has 3 saturated heterocycles. The molecule has 168 valence electrons. The molecule has 0 bridgehead atoms. The topological polar surface area (TPSA) is 71.6 Å². The van der Waals surface area contributed by atoms with Gasteiger partial charge in [0.25, 0.3) is 0 Å². The number of anilines is 1. The van der Waals surface area contributed by atoms with Crippen molar-refractivity contribution < 1.29 is 23.8 Å². The molecule has 0 spiro atoms. The van der Waals surface area contributed by atoms with Gasteiger partial charge in [0.15, 0.2) is 6.04 Å². The summed E-state index contributed by atoms with van der Waals surface area (Å²) in [6, 6.07) is 7.46. The van der Waals surface area contributed by atoms with Crippen molar-refractivity contribution in [2.45, 2.75) is 50.3 Å². The number of nitrogens with zero attached hydrogens (tertiary/aromatic N) is 3. The van der Waals surface area contributed by atoms with E-state index in [1.807, 2.05) is 24.3 Å². The number of morpholine rings is 1. The van der Waals surface area contributed by atoms with Crippen LogP contribution in [0.1, 0.15) is 32.1 Å². The molecule has 1 atom stereocenters. The van der Waals surface area contributed by atoms with E-state index >= 15 is 0 Å². The summed E-state index contributed by atoms with van der Waals surface area (Å²) in [4.78, 5) is 31.1. The molecular weight excluding hydrogens is 398 g/mol. The number of ether oxygens (including phenoxy) is 3. The minimum absolute atomic E-state index is 0.0766. The van der Waals surface area contributed by atoms with E-state index in [4.69, 9.17) is 14.2 Å². The number of hydrogen-bond donors (Lipinski definition) is 0. The summed E-state index contributed by atoms with van der Waals surface area (Å²) >= 11 is 0. The highest BCUT2D eigenvalue weighted by Gasteiger charge is 2.41. The molecule has 5 rings (SSSR count). The van der Waals surface area contributed by atoms with Crippen molar-refractivity contribution in [1.82, 2.24) is 9.80 Å². The van der Waals surface area contributed by atoms with Crippen molar-refractivity contribution in [3.8, 4) is 5.75 Å². The Morgan fingerprint density at radius 1 is 0.968 bits per heavy atom. The summed E-state index contributed by atoms with van der Waals surface area (Å²) in [6.45, 7) is 4.67. The van der Waals surface area contributed by atoms with Crippen LogP contribution in [0, 0.1) is 0 Å². The number of amides is 2. The quantitative estimate of drug-likeness (QED) is 0.715. The summed E-state index contributed by atoms with van der Waals surface area (Å²) in [6.07, 6.45) is 5.93. The van der Waals surface area contributed by atoms with Gasteiger partial charge in [-0.2, -0.15) is 0 Å². The third-order valence-corrected chi connectivity index (χ3v) is 6.88. The third-order valence-electron chi connectivity index (χ3n) is 6.88. The minimum Gasteiger partial charge on any atom is -0.490 e. The van der Waals surface area contributed by atoms with Gasteiger partial charge in [-0.15, -0.1) is 0 Å². The van der Waals surface area contributed by atoms with Crippen molar-refractivity contribution in [2.24, 2.45) is 0 Å². The van der Waals surface area contributed by atoms with E-state index in [9.17, 15) is 9.59 Å². The lowest BCUT2D eigenvalue weighted by Gasteiger charge is -2.44. The Morgan fingerprint density at radius 3 is 2.39 bits per heavy atom. The standard InChI is InChI=1S/C23H31N3O5/c27-22(25-10-12-29-13-11-25)21-16-30-23(28)26(21)17-4-6-19(7-5-17)31-20-14-18(15-20)24-8-2-1-3-9-24/h4-7,18,20-21H,1-3,8-16H2/t18-,20-,21-/m0/s1. The zero-order chi connectivity index (χ0) is 21.2. The summed E-state index contributed by atoms with van der Waals surface area (Å²) in [5, 5.41) is 0. The van der Waals surface area contributed by atoms with Crippen LogP contribution in [-0.4, -0.2) is 86.0 Å². The van der Waals surface area contributed by atoms with Gasteiger partial charge >= 0.3 is 6.09 Å². The number of rotatable bonds is 5. The molecule has 1 saturated carbocycles. The second-order valence-electron chi connectivity index (χ2n) is 8.86. The second-order valence-corrected chi connectivity index (χ2v) is 8.86. The van der Waals surface area contributed by atoms with E-state index in [0.717, 1.165) is 18.6 Å². The van der Waals surface area contributed by atoms with Gasteiger partial charge in [-0.25, -0.2) is 4.79 Å². The van der Waals surface area contributed by atoms with E-state index in [1.54, 1.807) is 4.90 Å². The van der Waals surface area contributed by atoms with E-state index in [0.29, 0.717) is 38.0 Å². The first-order chi connectivity index (χ1) is 15.2. The molecule has 0 unspecified atom stereocenters. The van der Waals surface area contributed by atoms with Crippen LogP contribution >= 0.6 is 0 Å². The molecule has 4 fully saturated rings. The first kappa shape index (κ1) is 20.6. The van der Waals surface area contributed by atoms with Gasteiger partial charge in [0, 0.05) is 37.7 Å². The molecule has 8 nitrogen and oxygen atoms in total. The highest BCUT2D eigenvalue weighted by molar-refractivity contribution is 6.00. The monoisotopic (exact) mass is 429 g/mol. The largest absolute Gasteiger partial charge is 0.490 e. The zero-order valence-corrected chi connectivity index (χ0v) is 17.9. The fourth-order valence-electron chi connectivity index (χ4n) is 4.98. The fraction of sp³-hybridized carbons (Fsp3) is 0.652. The van der Waals surface area contributed by atoms with Crippen LogP contribution in [0.3, 0.4) is 0 Å². The number of hydrogen-bond acceptors (Lipinski definition) is 6. The lowest BCUT2D eigenvalue weighted by molar-refractivity contribution is -0.136. The van der Waals surface area contributed by atoms with E-state index in [1.165, 1.54) is 37.3 Å². The van der Waals surface area contributed by atoms with Crippen LogP contribution in [0.15, 0.2) is 24.3 Å². The first-order valence-corrected chi connectivity index (χ1v) is 11.5. The molecular formula is C23H31N3O5. The van der Waals surface area contributed by atoms with E-state index in [-0.39, 0.29) is 18.6 Å². The van der Waals surface area contributed by atoms with Gasteiger partial charge in [0.05, 0.1) is 13.2 Å². The molecule has 1 aliphatic carbocycles. The van der Waals surface area contributed by atoms with Crippen LogP contribution in [0.2, 0.25) is 0 Å². The normalized spacial score (nSPS) is 29.4. The third kappa shape index (κ3) is 4.36. The SMILES string of the molecule is O=C([C@@H]1COC(=O)N1c1ccc(O[C@H]2C[C@H](N3CCCCC3)C2)cc1)N1CCOCC1. The van der Waals surface area contributed by atoms with Gasteiger partial charge in [-0.05, 0) is 50.2 Å². The Balaban J connectivity index is 1.18. The molecule has 0 N–H and O–H groups in total. The maximum atomic E-state index is 12.9. The van der Waals surface area contributed by atoms with Crippen LogP contribution in [-0.2, 0) is 14.3 Å². The van der Waals surface area contributed by atoms with Crippen molar-refractivity contribution >= 4 is 17.7 Å². The van der Waals surface area contributed by atoms with Gasteiger partial charge in [-0.1, -0.05) is 6.42 Å². The number of benzene rings is 1. The highest BCUT2D eigenvalue weighted by Crippen LogP contribution is 2.33. The summed E-state index contributed by atoms with van der Waals surface area (Å²) in [7, 11) is 0. The average molecular weight is 430 g/mol. The number of cyclic esters (lactones) is 1. The van der Waals surface area contributed by atoms with Crippen LogP contribution < -0.4 is 9.64 Å². The first-order valence-electron chi connectivity index (χ1n) is 11.5. The van der Waals surface area contributed by atoms with Gasteiger partial charge in [0.2, 0.25) is 5.91 Å². The minimum atomic E-state index is -0.630. The zero-order valence-electron chi connectivity index (χ0n) is 17.9. The van der Waals surface area contributed by atoms with Crippen molar-refractivity contribution in [2.75, 3.05) is 50.9 Å². The molecule has 4 aliphatic rings. The number of likely N-dealkylation sites (tertiary alicyclic amines) is 1. The van der Waals surface area contributed by atoms with Crippen LogP contribution in [0.25, 0.3) is 0 Å². The molecule has 2 amide bonds. The molecule has 3 heterocycles. The maximum absolute atomic E-state index is 12.9. The Morgan fingerprint density at radius 2 is 1.68 bits per heavy atom. The molecule has 3 aliphatic heterocycles. The van der Waals surface area contributed by atoms with Gasteiger partial charge in [0.1, 0.15) is 18.5 Å². The summed E-state index contributed by atoms with van der Waals surface area (Å²) < 4.78 is 16.7. The predicted molar refractivity (Wildman–Crippen MR) is 114 cm³/mol. The Kier molecular flexibility index (Phi) is 6.00. The number of piperidine rings is 1. The second kappa shape index (κ2) is 9.04. The van der Waals surface area contributed by atoms with Crippen molar-refractivity contribution in [3.63, 3.8) is 0 Å². The van der Waals surface area contributed by atoms with Gasteiger partial charge < -0.3 is 24.0 Å². The highest BCUT2D eigenvalue weighted by atomic mass is 16.6. The summed E-state index contributed by atoms with van der Waals surface area (Å²) in [5.74, 6) is 0.710. The van der Waals surface area contributed by atoms with E-state index < -0.39 is 12.1 Å². The number of carbonyl (C=O) groups is 2. The smallest absolute Gasteiger partial charge is 0.415 e. The van der Waals surface area contributed by atoms with Crippen LogP contribution in [0.5, 0.6) is 5.75 Å². The molecule has 1 aromatic rings. The maximum Gasteiger partial charge on any atom is 0.415 e.